The van der Waals surface area contributed by atoms with Crippen molar-refractivity contribution in [3.8, 4) is 0 Å². The van der Waals surface area contributed by atoms with E-state index < -0.39 is 9.85 Å². The third-order valence-electron chi connectivity index (χ3n) is 2.00. The van der Waals surface area contributed by atoms with Crippen LogP contribution in [0.15, 0.2) is 24.3 Å². The molecule has 104 valence electrons. The molecule has 0 unspecified atom stereocenters. The molecule has 0 N–H and O–H groups in total. The minimum Gasteiger partial charge on any atom is -0.281 e. The molecule has 0 aliphatic rings. The largest absolute Gasteiger partial charge is 0.281 e. The van der Waals surface area contributed by atoms with Gasteiger partial charge in [-0.15, -0.1) is 0 Å². The minimum absolute atomic E-state index is 0.152. The number of nitro benzene ring substituents is 2. The second-order valence-electron chi connectivity index (χ2n) is 3.49. The molecule has 0 aromatic heterocycles. The van der Waals surface area contributed by atoms with E-state index in [1.807, 2.05) is 6.92 Å². The Kier molecular flexibility index (Phi) is 8.03. The van der Waals surface area contributed by atoms with Gasteiger partial charge in [0.2, 0.25) is 5.24 Å². The highest BCUT2D eigenvalue weighted by molar-refractivity contribution is 6.63. The molecule has 0 aliphatic carbocycles. The number of hydrogen-bond donors (Lipinski definition) is 0. The summed E-state index contributed by atoms with van der Waals surface area (Å²) in [5.74, 6) is 0. The van der Waals surface area contributed by atoms with Crippen LogP contribution in [0.3, 0.4) is 0 Å². The topological polar surface area (TPSA) is 103 Å². The maximum absolute atomic E-state index is 10.1. The smallest absolute Gasteiger partial charge is 0.269 e. The van der Waals surface area contributed by atoms with Gasteiger partial charge >= 0.3 is 0 Å². The molecule has 7 nitrogen and oxygen atoms in total. The van der Waals surface area contributed by atoms with Crippen LogP contribution in [-0.4, -0.2) is 15.1 Å². The van der Waals surface area contributed by atoms with Crippen molar-refractivity contribution in [1.29, 1.82) is 0 Å². The van der Waals surface area contributed by atoms with Crippen molar-refractivity contribution in [3.05, 3.63) is 44.5 Å². The second kappa shape index (κ2) is 8.98. The maximum atomic E-state index is 10.1. The summed E-state index contributed by atoms with van der Waals surface area (Å²) in [6, 6.07) is 4.38. The lowest BCUT2D eigenvalue weighted by Gasteiger charge is -1.90. The lowest BCUT2D eigenvalue weighted by atomic mass is 10.3. The first-order valence-corrected chi connectivity index (χ1v) is 5.83. The van der Waals surface area contributed by atoms with E-state index in [-0.39, 0.29) is 16.6 Å². The number of carbonyl (C=O) groups is 1. The minimum atomic E-state index is -0.607. The number of benzene rings is 1. The number of non-ortho nitro benzene ring substituents is 2. The Morgan fingerprint density at radius 1 is 1.11 bits per heavy atom. The number of nitrogens with zero attached hydrogens (tertiary/aromatic N) is 2. The number of nitro groups is 2. The number of carbonyl (C=O) groups excluding carboxylic acids is 1. The summed E-state index contributed by atoms with van der Waals surface area (Å²) in [6.07, 6.45) is 2.48. The van der Waals surface area contributed by atoms with Crippen molar-refractivity contribution in [1.82, 2.24) is 0 Å². The molecule has 1 rings (SSSR count). The molecular formula is C11H13ClN2O5. The van der Waals surface area contributed by atoms with E-state index in [9.17, 15) is 25.0 Å². The Morgan fingerprint density at radius 3 is 1.63 bits per heavy atom. The van der Waals surface area contributed by atoms with Crippen molar-refractivity contribution in [2.75, 3.05) is 0 Å². The first-order valence-electron chi connectivity index (χ1n) is 5.45. The Hall–Kier alpha value is -2.02. The highest BCUT2D eigenvalue weighted by atomic mass is 35.5. The average molecular weight is 289 g/mol. The molecule has 0 heterocycles. The normalized spacial score (nSPS) is 9.16. The summed E-state index contributed by atoms with van der Waals surface area (Å²) in [6.45, 7) is 2.03. The first-order chi connectivity index (χ1) is 8.88. The van der Waals surface area contributed by atoms with Crippen LogP contribution >= 0.6 is 11.6 Å². The van der Waals surface area contributed by atoms with Gasteiger partial charge in [-0.3, -0.25) is 25.0 Å². The average Bonchev–Trinajstić information content (AvgIpc) is 2.37. The number of hydrogen-bond acceptors (Lipinski definition) is 5. The molecule has 0 amide bonds. The molecule has 0 saturated heterocycles. The van der Waals surface area contributed by atoms with Gasteiger partial charge in [-0.05, 0) is 18.0 Å². The van der Waals surface area contributed by atoms with Gasteiger partial charge in [-0.1, -0.05) is 13.3 Å². The highest BCUT2D eigenvalue weighted by Gasteiger charge is 2.08. The Morgan fingerprint density at radius 2 is 1.47 bits per heavy atom. The van der Waals surface area contributed by atoms with Gasteiger partial charge in [0.05, 0.1) is 9.85 Å². The van der Waals surface area contributed by atoms with Crippen LogP contribution in [0.5, 0.6) is 0 Å². The van der Waals surface area contributed by atoms with Crippen molar-refractivity contribution < 1.29 is 14.6 Å². The van der Waals surface area contributed by atoms with E-state index in [1.54, 1.807) is 0 Å². The fourth-order valence-corrected chi connectivity index (χ4v) is 1.15. The zero-order valence-electron chi connectivity index (χ0n) is 10.2. The van der Waals surface area contributed by atoms with Crippen molar-refractivity contribution in [3.63, 3.8) is 0 Å². The fourth-order valence-electron chi connectivity index (χ4n) is 1.01. The monoisotopic (exact) mass is 288 g/mol. The Labute approximate surface area is 114 Å². The van der Waals surface area contributed by atoms with Gasteiger partial charge in [-0.2, -0.15) is 0 Å². The molecule has 0 saturated carbocycles. The molecule has 0 bridgehead atoms. The van der Waals surface area contributed by atoms with Gasteiger partial charge in [-0.25, -0.2) is 0 Å². The van der Waals surface area contributed by atoms with Crippen LogP contribution in [0.25, 0.3) is 0 Å². The van der Waals surface area contributed by atoms with Crippen LogP contribution in [0, 0.1) is 20.2 Å². The molecule has 1 aromatic carbocycles. The van der Waals surface area contributed by atoms with Crippen LogP contribution in [-0.2, 0) is 4.79 Å². The zero-order chi connectivity index (χ0) is 14.8. The number of unbranched alkanes of at least 4 members (excludes halogenated alkanes) is 1. The van der Waals surface area contributed by atoms with Gasteiger partial charge < -0.3 is 0 Å². The Balaban J connectivity index is 0.000000399. The molecule has 0 radical (unpaired) electrons. The lowest BCUT2D eigenvalue weighted by molar-refractivity contribution is -0.389. The first kappa shape index (κ1) is 17.0. The molecule has 1 aromatic rings. The third kappa shape index (κ3) is 7.82. The number of halogens is 1. The fraction of sp³-hybridized carbons (Fsp3) is 0.364. The van der Waals surface area contributed by atoms with Crippen molar-refractivity contribution in [2.24, 2.45) is 0 Å². The van der Waals surface area contributed by atoms with Gasteiger partial charge in [0.15, 0.2) is 0 Å². The van der Waals surface area contributed by atoms with Crippen molar-refractivity contribution in [2.45, 2.75) is 26.2 Å². The van der Waals surface area contributed by atoms with E-state index in [0.717, 1.165) is 37.1 Å². The molecular weight excluding hydrogens is 276 g/mol. The standard InChI is InChI=1S/C6H4N2O4.C5H9ClO/c9-7(10)5-1-2-6(4-3-5)8(11)12;1-2-3-4-5(6)7/h1-4H;2-4H2,1H3. The SMILES string of the molecule is CCCCC(=O)Cl.O=[N+]([O-])c1ccc([N+](=O)[O-])cc1. The highest BCUT2D eigenvalue weighted by Crippen LogP contribution is 2.16. The predicted octanol–water partition coefficient (Wildman–Crippen LogP) is 3.45. The van der Waals surface area contributed by atoms with E-state index in [1.165, 1.54) is 0 Å². The number of rotatable bonds is 5. The van der Waals surface area contributed by atoms with Crippen LogP contribution in [0.1, 0.15) is 26.2 Å². The van der Waals surface area contributed by atoms with Crippen LogP contribution in [0.4, 0.5) is 11.4 Å². The summed E-state index contributed by atoms with van der Waals surface area (Å²) < 4.78 is 0. The summed E-state index contributed by atoms with van der Waals surface area (Å²) in [5, 5.41) is 20.0. The summed E-state index contributed by atoms with van der Waals surface area (Å²) >= 11 is 5.02. The molecule has 0 fully saturated rings. The molecule has 0 aliphatic heterocycles. The van der Waals surface area contributed by atoms with E-state index in [4.69, 9.17) is 11.6 Å². The van der Waals surface area contributed by atoms with Gasteiger partial charge in [0.25, 0.3) is 11.4 Å². The second-order valence-corrected chi connectivity index (χ2v) is 3.91. The summed E-state index contributed by atoms with van der Waals surface area (Å²) in [7, 11) is 0. The quantitative estimate of drug-likeness (QED) is 0.469. The maximum Gasteiger partial charge on any atom is 0.269 e. The predicted molar refractivity (Wildman–Crippen MR) is 70.1 cm³/mol. The lowest BCUT2D eigenvalue weighted by Crippen LogP contribution is -1.90. The molecule has 19 heavy (non-hydrogen) atoms. The summed E-state index contributed by atoms with van der Waals surface area (Å²) in [4.78, 5) is 29.0. The van der Waals surface area contributed by atoms with Gasteiger partial charge in [0.1, 0.15) is 0 Å². The molecule has 0 atom stereocenters. The third-order valence-corrected chi connectivity index (χ3v) is 2.19. The molecule has 8 heteroatoms. The Bertz CT molecular complexity index is 414. The van der Waals surface area contributed by atoms with Crippen molar-refractivity contribution >= 4 is 28.2 Å². The van der Waals surface area contributed by atoms with Crippen LogP contribution < -0.4 is 0 Å². The van der Waals surface area contributed by atoms with E-state index >= 15 is 0 Å². The van der Waals surface area contributed by atoms with E-state index in [2.05, 4.69) is 0 Å². The van der Waals surface area contributed by atoms with Crippen LogP contribution in [0.2, 0.25) is 0 Å². The zero-order valence-corrected chi connectivity index (χ0v) is 11.0. The summed E-state index contributed by atoms with van der Waals surface area (Å²) in [5.41, 5.74) is -0.304. The van der Waals surface area contributed by atoms with Gasteiger partial charge in [0, 0.05) is 30.7 Å². The molecule has 0 spiro atoms. The van der Waals surface area contributed by atoms with E-state index in [0.29, 0.717) is 6.42 Å².